The molecule has 4 nitrogen and oxygen atoms in total. The second-order valence-electron chi connectivity index (χ2n) is 4.36. The topological polar surface area (TPSA) is 42.7 Å². The first kappa shape index (κ1) is 13.2. The van der Waals surface area contributed by atoms with Crippen LogP contribution in [-0.2, 0) is 13.0 Å². The SMILES string of the molecule is CCCn1ccnc1CC(NC)c1cnc(C)s1. The van der Waals surface area contributed by atoms with E-state index in [2.05, 4.69) is 33.0 Å². The quantitative estimate of drug-likeness (QED) is 0.872. The summed E-state index contributed by atoms with van der Waals surface area (Å²) in [7, 11) is 1.99. The van der Waals surface area contributed by atoms with Crippen LogP contribution in [0.25, 0.3) is 0 Å². The summed E-state index contributed by atoms with van der Waals surface area (Å²) >= 11 is 1.75. The van der Waals surface area contributed by atoms with Gasteiger partial charge in [-0.2, -0.15) is 0 Å². The molecule has 0 aliphatic heterocycles. The zero-order valence-electron chi connectivity index (χ0n) is 11.2. The molecule has 2 rings (SSSR count). The Hall–Kier alpha value is -1.20. The van der Waals surface area contributed by atoms with E-state index in [1.165, 1.54) is 4.88 Å². The van der Waals surface area contributed by atoms with Crippen molar-refractivity contribution in [1.29, 1.82) is 0 Å². The maximum Gasteiger partial charge on any atom is 0.110 e. The van der Waals surface area contributed by atoms with Gasteiger partial charge in [-0.3, -0.25) is 0 Å². The van der Waals surface area contributed by atoms with E-state index in [1.54, 1.807) is 11.3 Å². The minimum Gasteiger partial charge on any atom is -0.335 e. The van der Waals surface area contributed by atoms with Crippen LogP contribution in [0.4, 0.5) is 0 Å². The average molecular weight is 264 g/mol. The fraction of sp³-hybridized carbons (Fsp3) is 0.538. The molecule has 2 aromatic rings. The second kappa shape index (κ2) is 6.11. The summed E-state index contributed by atoms with van der Waals surface area (Å²) in [5, 5.41) is 4.47. The van der Waals surface area contributed by atoms with Gasteiger partial charge >= 0.3 is 0 Å². The van der Waals surface area contributed by atoms with Gasteiger partial charge in [-0.05, 0) is 20.4 Å². The van der Waals surface area contributed by atoms with E-state index in [1.807, 2.05) is 26.4 Å². The number of nitrogens with zero attached hydrogens (tertiary/aromatic N) is 3. The third-order valence-corrected chi connectivity index (χ3v) is 4.01. The van der Waals surface area contributed by atoms with Crippen LogP contribution >= 0.6 is 11.3 Å². The van der Waals surface area contributed by atoms with E-state index in [0.717, 1.165) is 30.2 Å². The standard InChI is InChI=1S/C13H20N4S/c1-4-6-17-7-5-15-13(17)8-11(14-3)12-9-16-10(2)18-12/h5,7,9,11,14H,4,6,8H2,1-3H3. The molecule has 0 saturated carbocycles. The highest BCUT2D eigenvalue weighted by atomic mass is 32.1. The Morgan fingerprint density at radius 3 is 2.89 bits per heavy atom. The van der Waals surface area contributed by atoms with E-state index < -0.39 is 0 Å². The van der Waals surface area contributed by atoms with Crippen LogP contribution in [0.1, 0.15) is 35.1 Å². The van der Waals surface area contributed by atoms with Gasteiger partial charge in [0.05, 0.1) is 5.01 Å². The van der Waals surface area contributed by atoms with Gasteiger partial charge < -0.3 is 9.88 Å². The van der Waals surface area contributed by atoms with E-state index in [0.29, 0.717) is 6.04 Å². The number of imidazole rings is 1. The Kier molecular flexibility index (Phi) is 4.49. The lowest BCUT2D eigenvalue weighted by Crippen LogP contribution is -2.20. The summed E-state index contributed by atoms with van der Waals surface area (Å²) in [5.74, 6) is 1.14. The lowest BCUT2D eigenvalue weighted by molar-refractivity contribution is 0.549. The first-order valence-electron chi connectivity index (χ1n) is 6.34. The van der Waals surface area contributed by atoms with Crippen molar-refractivity contribution in [2.75, 3.05) is 7.05 Å². The van der Waals surface area contributed by atoms with Gasteiger partial charge in [0.15, 0.2) is 0 Å². The molecule has 98 valence electrons. The Bertz CT molecular complexity index is 489. The molecular formula is C13H20N4S. The molecule has 0 radical (unpaired) electrons. The zero-order valence-corrected chi connectivity index (χ0v) is 12.0. The van der Waals surface area contributed by atoms with Crippen LogP contribution in [0.2, 0.25) is 0 Å². The molecule has 18 heavy (non-hydrogen) atoms. The van der Waals surface area contributed by atoms with Crippen LogP contribution in [0.5, 0.6) is 0 Å². The lowest BCUT2D eigenvalue weighted by atomic mass is 10.2. The van der Waals surface area contributed by atoms with Crippen molar-refractivity contribution in [3.8, 4) is 0 Å². The molecule has 1 N–H and O–H groups in total. The average Bonchev–Trinajstić information content (AvgIpc) is 2.96. The molecule has 0 aromatic carbocycles. The summed E-state index contributed by atoms with van der Waals surface area (Å²) in [6, 6.07) is 0.300. The smallest absolute Gasteiger partial charge is 0.110 e. The number of nitrogens with one attached hydrogen (secondary N) is 1. The zero-order chi connectivity index (χ0) is 13.0. The number of hydrogen-bond donors (Lipinski definition) is 1. The minimum absolute atomic E-state index is 0.300. The van der Waals surface area contributed by atoms with E-state index in [4.69, 9.17) is 0 Å². The number of thiazole rings is 1. The summed E-state index contributed by atoms with van der Waals surface area (Å²) < 4.78 is 2.23. The highest BCUT2D eigenvalue weighted by molar-refractivity contribution is 7.11. The molecule has 5 heteroatoms. The lowest BCUT2D eigenvalue weighted by Gasteiger charge is -2.14. The Morgan fingerprint density at radius 2 is 2.28 bits per heavy atom. The van der Waals surface area contributed by atoms with Crippen molar-refractivity contribution in [3.05, 3.63) is 34.3 Å². The number of likely N-dealkylation sites (N-methyl/N-ethyl adjacent to an activating group) is 1. The largest absolute Gasteiger partial charge is 0.335 e. The molecule has 1 atom stereocenters. The maximum absolute atomic E-state index is 4.46. The highest BCUT2D eigenvalue weighted by Crippen LogP contribution is 2.23. The van der Waals surface area contributed by atoms with Crippen molar-refractivity contribution in [2.45, 2.75) is 39.3 Å². The number of aromatic nitrogens is 3. The van der Waals surface area contributed by atoms with Gasteiger partial charge in [0.25, 0.3) is 0 Å². The maximum atomic E-state index is 4.46. The Morgan fingerprint density at radius 1 is 1.44 bits per heavy atom. The van der Waals surface area contributed by atoms with Crippen molar-refractivity contribution >= 4 is 11.3 Å². The van der Waals surface area contributed by atoms with Gasteiger partial charge in [-0.25, -0.2) is 9.97 Å². The van der Waals surface area contributed by atoms with Gasteiger partial charge in [0.1, 0.15) is 5.82 Å². The van der Waals surface area contributed by atoms with Crippen molar-refractivity contribution in [2.24, 2.45) is 0 Å². The first-order valence-corrected chi connectivity index (χ1v) is 7.15. The van der Waals surface area contributed by atoms with Crippen LogP contribution in [-0.4, -0.2) is 21.6 Å². The number of hydrogen-bond acceptors (Lipinski definition) is 4. The molecular weight excluding hydrogens is 244 g/mol. The molecule has 0 fully saturated rings. The fourth-order valence-electron chi connectivity index (χ4n) is 2.04. The molecule has 0 saturated heterocycles. The Balaban J connectivity index is 2.12. The Labute approximate surface area is 112 Å². The molecule has 2 heterocycles. The monoisotopic (exact) mass is 264 g/mol. The van der Waals surface area contributed by atoms with Crippen LogP contribution in [0.3, 0.4) is 0 Å². The summed E-state index contributed by atoms with van der Waals surface area (Å²) in [6.45, 7) is 5.26. The van der Waals surface area contributed by atoms with Gasteiger partial charge in [0.2, 0.25) is 0 Å². The molecule has 0 bridgehead atoms. The molecule has 0 amide bonds. The molecule has 0 spiro atoms. The predicted molar refractivity (Wildman–Crippen MR) is 74.9 cm³/mol. The third-order valence-electron chi connectivity index (χ3n) is 2.98. The summed E-state index contributed by atoms with van der Waals surface area (Å²) in [6.07, 6.45) is 7.95. The fourth-order valence-corrected chi connectivity index (χ4v) is 2.94. The summed E-state index contributed by atoms with van der Waals surface area (Å²) in [5.41, 5.74) is 0. The molecule has 0 aliphatic rings. The molecule has 0 aliphatic carbocycles. The third kappa shape index (κ3) is 2.97. The highest BCUT2D eigenvalue weighted by Gasteiger charge is 2.15. The van der Waals surface area contributed by atoms with Gasteiger partial charge in [0, 0.05) is 42.5 Å². The van der Waals surface area contributed by atoms with E-state index >= 15 is 0 Å². The van der Waals surface area contributed by atoms with Gasteiger partial charge in [-0.1, -0.05) is 6.92 Å². The first-order chi connectivity index (χ1) is 8.74. The van der Waals surface area contributed by atoms with E-state index in [9.17, 15) is 0 Å². The second-order valence-corrected chi connectivity index (χ2v) is 5.63. The summed E-state index contributed by atoms with van der Waals surface area (Å²) in [4.78, 5) is 10.1. The van der Waals surface area contributed by atoms with Crippen LogP contribution < -0.4 is 5.32 Å². The minimum atomic E-state index is 0.300. The number of rotatable bonds is 6. The van der Waals surface area contributed by atoms with Crippen molar-refractivity contribution < 1.29 is 0 Å². The van der Waals surface area contributed by atoms with Crippen LogP contribution in [0, 0.1) is 6.92 Å². The normalized spacial score (nSPS) is 12.8. The van der Waals surface area contributed by atoms with Crippen LogP contribution in [0.15, 0.2) is 18.6 Å². The van der Waals surface area contributed by atoms with Crippen molar-refractivity contribution in [3.63, 3.8) is 0 Å². The van der Waals surface area contributed by atoms with Gasteiger partial charge in [-0.15, -0.1) is 11.3 Å². The molecule has 1 unspecified atom stereocenters. The van der Waals surface area contributed by atoms with E-state index in [-0.39, 0.29) is 0 Å². The van der Waals surface area contributed by atoms with Crippen molar-refractivity contribution in [1.82, 2.24) is 19.9 Å². The number of aryl methyl sites for hydroxylation is 2. The predicted octanol–water partition coefficient (Wildman–Crippen LogP) is 2.56. The molecule has 2 aromatic heterocycles.